The maximum atomic E-state index is 12.1. The maximum Gasteiger partial charge on any atom is 0.488 e. The topological polar surface area (TPSA) is 226 Å². The molecule has 5 heterocycles. The minimum absolute atomic E-state index is 0.0527. The Balaban J connectivity index is 0.000000200. The first-order valence-electron chi connectivity index (χ1n) is 20.2. The molecule has 69 heavy (non-hydrogen) atoms. The lowest BCUT2D eigenvalue weighted by atomic mass is 9.81. The van der Waals surface area contributed by atoms with Gasteiger partial charge in [0.25, 0.3) is 0 Å². The highest BCUT2D eigenvalue weighted by molar-refractivity contribution is 9.10. The van der Waals surface area contributed by atoms with Crippen molar-refractivity contribution in [2.75, 3.05) is 16.4 Å². The Morgan fingerprint density at radius 3 is 1.30 bits per heavy atom. The Labute approximate surface area is 430 Å². The fourth-order valence-electron chi connectivity index (χ4n) is 5.42. The second-order valence-electron chi connectivity index (χ2n) is 14.1. The molecule has 0 bridgehead atoms. The Kier molecular flexibility index (Phi) is 24.0. The van der Waals surface area contributed by atoms with Crippen molar-refractivity contribution in [3.05, 3.63) is 218 Å². The van der Waals surface area contributed by atoms with Crippen LogP contribution in [0.15, 0.2) is 186 Å². The zero-order valence-electron chi connectivity index (χ0n) is 36.2. The number of halogens is 5. The number of benzene rings is 3. The summed E-state index contributed by atoms with van der Waals surface area (Å²) in [5.41, 5.74) is 12.4. The van der Waals surface area contributed by atoms with Crippen LogP contribution in [-0.2, 0) is 33.6 Å². The minimum atomic E-state index is -1.38. The van der Waals surface area contributed by atoms with Crippen molar-refractivity contribution in [3.8, 4) is 11.1 Å². The predicted octanol–water partition coefficient (Wildman–Crippen LogP) is 9.81. The third-order valence-electron chi connectivity index (χ3n) is 8.58. The summed E-state index contributed by atoms with van der Waals surface area (Å²) in [6.07, 6.45) is 17.1. The lowest BCUT2D eigenvalue weighted by Crippen LogP contribution is -2.29. The second kappa shape index (κ2) is 30.0. The molecule has 3 aromatic carbocycles. The van der Waals surface area contributed by atoms with Gasteiger partial charge in [0.05, 0.1) is 48.7 Å². The largest absolute Gasteiger partial charge is 0.488 e. The fraction of sp³-hybridized carbons (Fsp3) is 0.0612. The highest BCUT2D eigenvalue weighted by atomic mass is 79.9. The van der Waals surface area contributed by atoms with E-state index in [1.54, 1.807) is 122 Å². The smallest absolute Gasteiger partial charge is 0.481 e. The number of carboxylic acid groups (broad SMARTS) is 1. The van der Waals surface area contributed by atoms with E-state index in [1.807, 2.05) is 42.5 Å². The molecule has 0 saturated heterocycles. The average molecular weight is 1120 g/mol. The minimum Gasteiger partial charge on any atom is -0.481 e. The normalized spacial score (nSPS) is 9.84. The molecule has 7 N–H and O–H groups in total. The highest BCUT2D eigenvalue weighted by Crippen LogP contribution is 2.21. The Morgan fingerprint density at radius 1 is 0.507 bits per heavy atom. The summed E-state index contributed by atoms with van der Waals surface area (Å²) in [6, 6.07) is 33.6. The molecule has 14 nitrogen and oxygen atoms in total. The molecule has 0 aliphatic carbocycles. The molecule has 0 saturated carbocycles. The molecule has 0 radical (unpaired) electrons. The number of anilines is 3. The monoisotopic (exact) mass is 1110 g/mol. The number of carboxylic acids is 1. The molecule has 352 valence electrons. The Hall–Kier alpha value is -6.57. The summed E-state index contributed by atoms with van der Waals surface area (Å²) >= 11 is 23.7. The zero-order valence-corrected chi connectivity index (χ0v) is 41.7. The van der Waals surface area contributed by atoms with Crippen LogP contribution in [0.25, 0.3) is 11.1 Å². The third-order valence-corrected chi connectivity index (χ3v) is 10.2. The van der Waals surface area contributed by atoms with Gasteiger partial charge in [-0.3, -0.25) is 39.3 Å². The van der Waals surface area contributed by atoms with Crippen molar-refractivity contribution >= 4 is 114 Å². The number of hydrogen-bond acceptors (Lipinski definition) is 11. The zero-order chi connectivity index (χ0) is 50.0. The first-order chi connectivity index (χ1) is 33.1. The first-order valence-corrected chi connectivity index (χ1v) is 23.0. The van der Waals surface area contributed by atoms with Crippen LogP contribution in [0.2, 0.25) is 15.1 Å². The summed E-state index contributed by atoms with van der Waals surface area (Å²) in [6.45, 7) is 0. The van der Waals surface area contributed by atoms with Crippen molar-refractivity contribution < 1.29 is 29.5 Å². The number of aromatic nitrogens is 5. The summed E-state index contributed by atoms with van der Waals surface area (Å²) in [7, 11) is -1.38. The first kappa shape index (κ1) is 55.0. The predicted molar refractivity (Wildman–Crippen MR) is 280 cm³/mol. The average Bonchev–Trinajstić information content (AvgIpc) is 3.32. The quantitative estimate of drug-likeness (QED) is 0.0704. The summed E-state index contributed by atoms with van der Waals surface area (Å²) in [5.74, 6) is -1.01. The summed E-state index contributed by atoms with van der Waals surface area (Å²) in [4.78, 5) is 53.8. The van der Waals surface area contributed by atoms with Crippen LogP contribution in [0.5, 0.6) is 0 Å². The number of hydrogen-bond donors (Lipinski definition) is 6. The van der Waals surface area contributed by atoms with E-state index in [0.717, 1.165) is 36.8 Å². The Morgan fingerprint density at radius 2 is 0.913 bits per heavy atom. The van der Waals surface area contributed by atoms with Gasteiger partial charge in [0.15, 0.2) is 0 Å². The second-order valence-corrected chi connectivity index (χ2v) is 17.2. The molecular formula is C49H42BBr2Cl3N8O6. The molecule has 0 aliphatic rings. The van der Waals surface area contributed by atoms with Gasteiger partial charge in [-0.2, -0.15) is 0 Å². The highest BCUT2D eigenvalue weighted by Gasteiger charge is 2.09. The van der Waals surface area contributed by atoms with Gasteiger partial charge in [0.1, 0.15) is 0 Å². The van der Waals surface area contributed by atoms with Crippen LogP contribution in [-0.4, -0.2) is 65.0 Å². The van der Waals surface area contributed by atoms with Crippen molar-refractivity contribution in [2.24, 2.45) is 0 Å². The van der Waals surface area contributed by atoms with Gasteiger partial charge in [-0.25, -0.2) is 0 Å². The number of pyridine rings is 5. The number of amides is 2. The lowest BCUT2D eigenvalue weighted by Gasteiger charge is -2.07. The fourth-order valence-corrected chi connectivity index (χ4v) is 6.54. The van der Waals surface area contributed by atoms with Crippen LogP contribution < -0.4 is 21.8 Å². The molecule has 0 spiro atoms. The molecule has 0 unspecified atom stereocenters. The Bertz CT molecular complexity index is 2810. The van der Waals surface area contributed by atoms with Gasteiger partial charge in [0.2, 0.25) is 11.8 Å². The van der Waals surface area contributed by atoms with Crippen molar-refractivity contribution in [3.63, 3.8) is 0 Å². The van der Waals surface area contributed by atoms with E-state index in [-0.39, 0.29) is 24.7 Å². The lowest BCUT2D eigenvalue weighted by molar-refractivity contribution is -0.136. The van der Waals surface area contributed by atoms with E-state index >= 15 is 0 Å². The molecule has 0 fully saturated rings. The van der Waals surface area contributed by atoms with Gasteiger partial charge in [0, 0.05) is 79.2 Å². The van der Waals surface area contributed by atoms with Crippen LogP contribution in [0.1, 0.15) is 16.7 Å². The molecule has 8 aromatic rings. The van der Waals surface area contributed by atoms with Gasteiger partial charge in [-0.15, -0.1) is 0 Å². The van der Waals surface area contributed by atoms with E-state index in [1.165, 1.54) is 12.4 Å². The van der Waals surface area contributed by atoms with Crippen molar-refractivity contribution in [1.29, 1.82) is 0 Å². The van der Waals surface area contributed by atoms with E-state index in [9.17, 15) is 14.4 Å². The van der Waals surface area contributed by atoms with Gasteiger partial charge in [-0.1, -0.05) is 71.2 Å². The summed E-state index contributed by atoms with van der Waals surface area (Å²) in [5, 5.41) is 33.1. The van der Waals surface area contributed by atoms with E-state index in [4.69, 9.17) is 55.7 Å². The molecule has 2 amide bonds. The van der Waals surface area contributed by atoms with Crippen molar-refractivity contribution in [1.82, 2.24) is 24.9 Å². The molecule has 8 rings (SSSR count). The van der Waals surface area contributed by atoms with Gasteiger partial charge < -0.3 is 31.5 Å². The SMILES string of the molecule is Nc1cncc(Br)c1.O=C(Cc1ccc(Cl)cc1)Nc1cncc(-c2ccncc2)c1.O=C(Cc1ccc(Cl)cc1)Nc1cncc(Br)c1.O=C(O)Cc1ccc(Cl)cc1.OB(O)c1ccncc1. The number of nitrogens with two attached hydrogens (primary N) is 1. The van der Waals surface area contributed by atoms with E-state index in [0.29, 0.717) is 44.0 Å². The number of carbonyl (C=O) groups is 3. The van der Waals surface area contributed by atoms with Crippen LogP contribution in [0, 0.1) is 0 Å². The van der Waals surface area contributed by atoms with E-state index < -0.39 is 13.1 Å². The standard InChI is InChI=1S/C18H14ClN3O.C13H10BrClN2O.C8H7ClO2.C5H6BNO2.C5H5BrN2/c19-16-3-1-13(2-4-16)9-18(23)22-17-10-15(11-21-12-17)14-5-7-20-8-6-14;14-10-6-12(8-16-7-10)17-13(18)5-9-1-3-11(15)4-2-9;9-7-3-1-6(2-4-7)5-8(10)11;8-6(9)5-1-3-7-4-2-5;6-4-1-5(7)3-8-2-4/h1-8,10-12H,9H2,(H,22,23);1-4,6-8H,5H2,(H,17,18);1-4H,5H2,(H,10,11);1-4,8-9H;1-3H,7H2. The van der Waals surface area contributed by atoms with Gasteiger partial charge in [-0.05, 0) is 138 Å². The van der Waals surface area contributed by atoms with Crippen LogP contribution in [0.4, 0.5) is 17.1 Å². The van der Waals surface area contributed by atoms with Crippen molar-refractivity contribution in [2.45, 2.75) is 19.3 Å². The number of nitrogens with one attached hydrogen (secondary N) is 2. The number of nitrogens with zero attached hydrogens (tertiary/aromatic N) is 5. The van der Waals surface area contributed by atoms with Crippen LogP contribution >= 0.6 is 66.7 Å². The third kappa shape index (κ3) is 22.9. The molecule has 5 aromatic heterocycles. The molecule has 0 atom stereocenters. The summed E-state index contributed by atoms with van der Waals surface area (Å²) < 4.78 is 1.74. The van der Waals surface area contributed by atoms with Gasteiger partial charge >= 0.3 is 13.1 Å². The number of aliphatic carboxylic acids is 1. The number of carbonyl (C=O) groups excluding carboxylic acids is 2. The molecule has 20 heteroatoms. The molecular weight excluding hydrogens is 1070 g/mol. The number of rotatable bonds is 10. The number of nitrogen functional groups attached to an aromatic ring is 1. The maximum absolute atomic E-state index is 12.1. The van der Waals surface area contributed by atoms with Crippen LogP contribution in [0.3, 0.4) is 0 Å². The van der Waals surface area contributed by atoms with E-state index in [2.05, 4.69) is 67.4 Å². The molecule has 0 aliphatic heterocycles.